The van der Waals surface area contributed by atoms with Gasteiger partial charge in [-0.15, -0.1) is 0 Å². The lowest BCUT2D eigenvalue weighted by molar-refractivity contribution is 0.593. The first-order chi connectivity index (χ1) is 4.18. The minimum Gasteiger partial charge on any atom is -0.357 e. The van der Waals surface area contributed by atoms with Crippen LogP contribution in [0.25, 0.3) is 0 Å². The smallest absolute Gasteiger partial charge is 0.0106 e. The van der Waals surface area contributed by atoms with E-state index in [0.29, 0.717) is 0 Å². The Morgan fingerprint density at radius 1 is 1.22 bits per heavy atom. The highest BCUT2D eigenvalue weighted by Crippen LogP contribution is 2.15. The molecule has 0 saturated carbocycles. The summed E-state index contributed by atoms with van der Waals surface area (Å²) in [6.45, 7) is 4.32. The van der Waals surface area contributed by atoms with Gasteiger partial charge in [0.15, 0.2) is 0 Å². The number of allylic oxidation sites excluding steroid dienone is 2. The first kappa shape index (κ1) is 6.40. The topological polar surface area (TPSA) is 3.24 Å². The maximum atomic E-state index is 2.16. The van der Waals surface area contributed by atoms with Gasteiger partial charge >= 0.3 is 0 Å². The molecule has 0 aromatic carbocycles. The monoisotopic (exact) mass is 123 g/mol. The Balaban J connectivity index is 2.69. The molecular weight excluding hydrogens is 110 g/mol. The van der Waals surface area contributed by atoms with E-state index < -0.39 is 0 Å². The Morgan fingerprint density at radius 2 is 1.67 bits per heavy atom. The van der Waals surface area contributed by atoms with E-state index >= 15 is 0 Å². The molecule has 0 spiro atoms. The van der Waals surface area contributed by atoms with Gasteiger partial charge in [-0.2, -0.15) is 0 Å². The minimum atomic E-state index is 1.14. The summed E-state index contributed by atoms with van der Waals surface area (Å²) in [5.74, 6) is 0. The first-order valence-electron chi connectivity index (χ1n) is 3.25. The first-order valence-corrected chi connectivity index (χ1v) is 3.25. The van der Waals surface area contributed by atoms with E-state index in [1.54, 1.807) is 0 Å². The van der Waals surface area contributed by atoms with Crippen LogP contribution in [-0.4, -0.2) is 11.9 Å². The molecule has 0 radical (unpaired) electrons. The summed E-state index contributed by atoms with van der Waals surface area (Å²) in [5, 5.41) is 0. The highest BCUT2D eigenvalue weighted by Gasteiger charge is 2.00. The number of nitrogens with zero attached hydrogens (tertiary/aromatic N) is 1. The van der Waals surface area contributed by atoms with E-state index in [-0.39, 0.29) is 0 Å². The van der Waals surface area contributed by atoms with Crippen molar-refractivity contribution in [1.82, 2.24) is 4.90 Å². The van der Waals surface area contributed by atoms with Gasteiger partial charge in [0.2, 0.25) is 0 Å². The van der Waals surface area contributed by atoms with Crippen molar-refractivity contribution >= 4 is 0 Å². The van der Waals surface area contributed by atoms with Crippen LogP contribution in [0, 0.1) is 0 Å². The highest BCUT2D eigenvalue weighted by atomic mass is 15.1. The van der Waals surface area contributed by atoms with Crippen LogP contribution in [0.4, 0.5) is 0 Å². The minimum absolute atomic E-state index is 1.14. The Bertz CT molecular complexity index is 147. The van der Waals surface area contributed by atoms with Crippen LogP contribution >= 0.6 is 0 Å². The molecule has 1 rings (SSSR count). The molecule has 50 valence electrons. The van der Waals surface area contributed by atoms with Crippen molar-refractivity contribution < 1.29 is 0 Å². The molecule has 9 heavy (non-hydrogen) atoms. The van der Waals surface area contributed by atoms with Crippen molar-refractivity contribution in [2.75, 3.05) is 7.05 Å². The van der Waals surface area contributed by atoms with E-state index in [9.17, 15) is 0 Å². The van der Waals surface area contributed by atoms with Crippen LogP contribution in [0.5, 0.6) is 0 Å². The Morgan fingerprint density at radius 3 is 2.00 bits per heavy atom. The lowest BCUT2D eigenvalue weighted by Crippen LogP contribution is -2.07. The molecule has 1 heteroatoms. The van der Waals surface area contributed by atoms with Gasteiger partial charge < -0.3 is 4.90 Å². The second kappa shape index (κ2) is 2.26. The van der Waals surface area contributed by atoms with Crippen molar-refractivity contribution in [3.8, 4) is 0 Å². The zero-order valence-corrected chi connectivity index (χ0v) is 6.31. The largest absolute Gasteiger partial charge is 0.357 e. The van der Waals surface area contributed by atoms with Crippen LogP contribution in [0.15, 0.2) is 23.5 Å². The van der Waals surface area contributed by atoms with Gasteiger partial charge in [-0.1, -0.05) is 11.1 Å². The normalized spacial score (nSPS) is 19.2. The van der Waals surface area contributed by atoms with Crippen LogP contribution in [0.2, 0.25) is 0 Å². The van der Waals surface area contributed by atoms with Gasteiger partial charge in [0.1, 0.15) is 0 Å². The van der Waals surface area contributed by atoms with Crippen LogP contribution < -0.4 is 0 Å². The summed E-state index contributed by atoms with van der Waals surface area (Å²) in [5.41, 5.74) is 2.88. The zero-order valence-electron chi connectivity index (χ0n) is 6.31. The van der Waals surface area contributed by atoms with Crippen molar-refractivity contribution in [3.05, 3.63) is 23.5 Å². The van der Waals surface area contributed by atoms with Crippen LogP contribution in [-0.2, 0) is 0 Å². The number of hydrogen-bond donors (Lipinski definition) is 0. The van der Waals surface area contributed by atoms with E-state index in [1.807, 2.05) is 0 Å². The predicted molar refractivity (Wildman–Crippen MR) is 39.9 cm³/mol. The molecule has 1 nitrogen and oxygen atoms in total. The molecule has 0 atom stereocenters. The Hall–Kier alpha value is -0.720. The van der Waals surface area contributed by atoms with Crippen molar-refractivity contribution in [2.45, 2.75) is 20.3 Å². The molecule has 1 aliphatic rings. The van der Waals surface area contributed by atoms with Gasteiger partial charge in [-0.3, -0.25) is 0 Å². The molecule has 0 aromatic heterocycles. The Labute approximate surface area is 56.7 Å². The SMILES string of the molecule is CC1=CN(C)C=C(C)C1. The van der Waals surface area contributed by atoms with Gasteiger partial charge in [-0.25, -0.2) is 0 Å². The average molecular weight is 123 g/mol. The third-order valence-electron chi connectivity index (χ3n) is 1.41. The van der Waals surface area contributed by atoms with Crippen molar-refractivity contribution in [2.24, 2.45) is 0 Å². The molecule has 1 heterocycles. The van der Waals surface area contributed by atoms with E-state index in [0.717, 1.165) is 6.42 Å². The van der Waals surface area contributed by atoms with E-state index in [4.69, 9.17) is 0 Å². The Kier molecular flexibility index (Phi) is 1.60. The zero-order chi connectivity index (χ0) is 6.85. The number of rotatable bonds is 0. The third kappa shape index (κ3) is 1.60. The third-order valence-corrected chi connectivity index (χ3v) is 1.41. The summed E-state index contributed by atoms with van der Waals surface area (Å²) in [7, 11) is 2.06. The average Bonchev–Trinajstić information content (AvgIpc) is 1.59. The highest BCUT2D eigenvalue weighted by molar-refractivity contribution is 5.17. The fourth-order valence-corrected chi connectivity index (χ4v) is 1.26. The second-order valence-electron chi connectivity index (χ2n) is 2.79. The summed E-state index contributed by atoms with van der Waals surface area (Å²) < 4.78 is 0. The second-order valence-corrected chi connectivity index (χ2v) is 2.79. The van der Waals surface area contributed by atoms with Crippen LogP contribution in [0.3, 0.4) is 0 Å². The summed E-state index contributed by atoms with van der Waals surface area (Å²) in [6, 6.07) is 0. The van der Waals surface area contributed by atoms with Gasteiger partial charge in [0.25, 0.3) is 0 Å². The van der Waals surface area contributed by atoms with Crippen molar-refractivity contribution in [1.29, 1.82) is 0 Å². The summed E-state index contributed by atoms with van der Waals surface area (Å²) in [6.07, 6.45) is 5.46. The molecule has 0 unspecified atom stereocenters. The summed E-state index contributed by atoms with van der Waals surface area (Å²) in [4.78, 5) is 2.11. The predicted octanol–water partition coefficient (Wildman–Crippen LogP) is 2.13. The molecule has 0 fully saturated rings. The standard InChI is InChI=1S/C8H13N/c1-7-4-8(2)6-9(3)5-7/h5-6H,4H2,1-3H3. The van der Waals surface area contributed by atoms with Crippen molar-refractivity contribution in [3.63, 3.8) is 0 Å². The maximum absolute atomic E-state index is 2.16. The molecule has 0 aromatic rings. The molecule has 1 aliphatic heterocycles. The molecular formula is C8H13N. The lowest BCUT2D eigenvalue weighted by Gasteiger charge is -2.17. The maximum Gasteiger partial charge on any atom is 0.0106 e. The van der Waals surface area contributed by atoms with Gasteiger partial charge in [-0.05, 0) is 20.3 Å². The fourth-order valence-electron chi connectivity index (χ4n) is 1.26. The van der Waals surface area contributed by atoms with Gasteiger partial charge in [0, 0.05) is 19.4 Å². The molecule has 0 amide bonds. The van der Waals surface area contributed by atoms with E-state index in [1.165, 1.54) is 11.1 Å². The summed E-state index contributed by atoms with van der Waals surface area (Å²) >= 11 is 0. The molecule has 0 N–H and O–H groups in total. The molecule has 0 aliphatic carbocycles. The van der Waals surface area contributed by atoms with E-state index in [2.05, 4.69) is 38.2 Å². The molecule has 0 saturated heterocycles. The van der Waals surface area contributed by atoms with Gasteiger partial charge in [0.05, 0.1) is 0 Å². The van der Waals surface area contributed by atoms with Crippen LogP contribution in [0.1, 0.15) is 20.3 Å². The number of hydrogen-bond acceptors (Lipinski definition) is 1. The molecule has 0 bridgehead atoms. The lowest BCUT2D eigenvalue weighted by atomic mass is 10.1. The fraction of sp³-hybridized carbons (Fsp3) is 0.500. The quantitative estimate of drug-likeness (QED) is 0.477.